The molecule has 3 rings (SSSR count). The minimum atomic E-state index is 0.826. The Labute approximate surface area is 108 Å². The Balaban J connectivity index is 1.48. The first kappa shape index (κ1) is 11.3. The van der Waals surface area contributed by atoms with E-state index in [2.05, 4.69) is 23.5 Å². The van der Waals surface area contributed by atoms with Crippen LogP contribution < -0.4 is 5.32 Å². The van der Waals surface area contributed by atoms with Gasteiger partial charge in [0.2, 0.25) is 0 Å². The second-order valence-electron chi connectivity index (χ2n) is 5.30. The predicted molar refractivity (Wildman–Crippen MR) is 72.0 cm³/mol. The van der Waals surface area contributed by atoms with Crippen LogP contribution >= 0.6 is 11.6 Å². The molecular formula is C15H18ClN. The zero-order valence-electron chi connectivity index (χ0n) is 9.90. The van der Waals surface area contributed by atoms with Gasteiger partial charge in [-0.1, -0.05) is 35.9 Å². The molecule has 3 atom stereocenters. The van der Waals surface area contributed by atoms with Gasteiger partial charge in [0.05, 0.1) is 0 Å². The zero-order valence-corrected chi connectivity index (χ0v) is 10.7. The SMILES string of the molecule is Clc1cccc(CNCC2CC3C=CC2C3)c1. The largest absolute Gasteiger partial charge is 0.312 e. The standard InChI is InChI=1S/C15H18ClN/c16-15-3-1-2-12(8-15)9-17-10-14-7-11-4-5-13(14)6-11/h1-5,8,11,13-14,17H,6-7,9-10H2. The lowest BCUT2D eigenvalue weighted by Crippen LogP contribution is -2.25. The maximum atomic E-state index is 5.97. The third-order valence-electron chi connectivity index (χ3n) is 4.04. The fourth-order valence-electron chi connectivity index (χ4n) is 3.18. The molecule has 0 saturated heterocycles. The van der Waals surface area contributed by atoms with Crippen molar-refractivity contribution in [3.05, 3.63) is 47.0 Å². The van der Waals surface area contributed by atoms with Crippen molar-refractivity contribution in [3.8, 4) is 0 Å². The smallest absolute Gasteiger partial charge is 0.0409 e. The minimum absolute atomic E-state index is 0.826. The highest BCUT2D eigenvalue weighted by Crippen LogP contribution is 2.42. The van der Waals surface area contributed by atoms with Gasteiger partial charge >= 0.3 is 0 Å². The van der Waals surface area contributed by atoms with Crippen molar-refractivity contribution in [1.82, 2.24) is 5.32 Å². The lowest BCUT2D eigenvalue weighted by molar-refractivity contribution is 0.414. The molecule has 1 aromatic rings. The Hall–Kier alpha value is -0.790. The third kappa shape index (κ3) is 2.56. The molecule has 0 spiro atoms. The molecule has 2 bridgehead atoms. The Bertz CT molecular complexity index is 427. The van der Waals surface area contributed by atoms with Crippen molar-refractivity contribution < 1.29 is 0 Å². The molecule has 90 valence electrons. The van der Waals surface area contributed by atoms with Crippen LogP contribution in [-0.4, -0.2) is 6.54 Å². The number of benzene rings is 1. The van der Waals surface area contributed by atoms with Crippen molar-refractivity contribution in [2.75, 3.05) is 6.54 Å². The lowest BCUT2D eigenvalue weighted by Gasteiger charge is -2.18. The first-order chi connectivity index (χ1) is 8.31. The van der Waals surface area contributed by atoms with Crippen LogP contribution in [0.2, 0.25) is 5.02 Å². The Morgan fingerprint density at radius 1 is 1.24 bits per heavy atom. The summed E-state index contributed by atoms with van der Waals surface area (Å²) in [6.45, 7) is 2.07. The molecule has 2 heteroatoms. The Morgan fingerprint density at radius 3 is 2.88 bits per heavy atom. The van der Waals surface area contributed by atoms with E-state index >= 15 is 0 Å². The normalized spacial score (nSPS) is 30.1. The first-order valence-corrected chi connectivity index (χ1v) is 6.82. The molecular weight excluding hydrogens is 230 g/mol. The summed E-state index contributed by atoms with van der Waals surface area (Å²) < 4.78 is 0. The number of fused-ring (bicyclic) bond motifs is 2. The van der Waals surface area contributed by atoms with Crippen LogP contribution in [0.15, 0.2) is 36.4 Å². The van der Waals surface area contributed by atoms with E-state index in [9.17, 15) is 0 Å². The summed E-state index contributed by atoms with van der Waals surface area (Å²) in [4.78, 5) is 0. The van der Waals surface area contributed by atoms with Crippen molar-refractivity contribution in [3.63, 3.8) is 0 Å². The van der Waals surface area contributed by atoms with E-state index < -0.39 is 0 Å². The van der Waals surface area contributed by atoms with Crippen LogP contribution in [0.1, 0.15) is 18.4 Å². The van der Waals surface area contributed by atoms with Crippen LogP contribution in [0, 0.1) is 17.8 Å². The fraction of sp³-hybridized carbons (Fsp3) is 0.467. The average Bonchev–Trinajstić information content (AvgIpc) is 2.91. The summed E-state index contributed by atoms with van der Waals surface area (Å²) in [7, 11) is 0. The lowest BCUT2D eigenvalue weighted by atomic mass is 9.93. The molecule has 1 saturated carbocycles. The summed E-state index contributed by atoms with van der Waals surface area (Å²) in [6.07, 6.45) is 7.59. The highest BCUT2D eigenvalue weighted by atomic mass is 35.5. The predicted octanol–water partition coefficient (Wildman–Crippen LogP) is 3.64. The van der Waals surface area contributed by atoms with E-state index in [1.54, 1.807) is 0 Å². The molecule has 2 aliphatic carbocycles. The number of hydrogen-bond acceptors (Lipinski definition) is 1. The molecule has 0 amide bonds. The molecule has 1 N–H and O–H groups in total. The maximum absolute atomic E-state index is 5.97. The monoisotopic (exact) mass is 247 g/mol. The second kappa shape index (κ2) is 4.83. The molecule has 0 aromatic heterocycles. The molecule has 1 nitrogen and oxygen atoms in total. The number of nitrogens with one attached hydrogen (secondary N) is 1. The van der Waals surface area contributed by atoms with Crippen molar-refractivity contribution in [1.29, 1.82) is 0 Å². The summed E-state index contributed by atoms with van der Waals surface area (Å²) in [6, 6.07) is 8.10. The molecule has 0 radical (unpaired) electrons. The number of allylic oxidation sites excluding steroid dienone is 2. The minimum Gasteiger partial charge on any atom is -0.312 e. The summed E-state index contributed by atoms with van der Waals surface area (Å²) in [5.74, 6) is 2.56. The van der Waals surface area contributed by atoms with Gasteiger partial charge in [0.1, 0.15) is 0 Å². The highest BCUT2D eigenvalue weighted by molar-refractivity contribution is 6.30. The highest BCUT2D eigenvalue weighted by Gasteiger charge is 2.34. The van der Waals surface area contributed by atoms with Crippen LogP contribution in [0.25, 0.3) is 0 Å². The zero-order chi connectivity index (χ0) is 11.7. The van der Waals surface area contributed by atoms with E-state index in [1.807, 2.05) is 18.2 Å². The van der Waals surface area contributed by atoms with E-state index in [0.29, 0.717) is 0 Å². The van der Waals surface area contributed by atoms with Crippen molar-refractivity contribution in [2.45, 2.75) is 19.4 Å². The number of halogens is 1. The van der Waals surface area contributed by atoms with Crippen LogP contribution in [-0.2, 0) is 6.54 Å². The Kier molecular flexibility index (Phi) is 3.21. The molecule has 0 heterocycles. The van der Waals surface area contributed by atoms with Gasteiger partial charge in [0, 0.05) is 11.6 Å². The van der Waals surface area contributed by atoms with Gasteiger partial charge in [-0.15, -0.1) is 0 Å². The van der Waals surface area contributed by atoms with Crippen molar-refractivity contribution in [2.24, 2.45) is 17.8 Å². The van der Waals surface area contributed by atoms with Gasteiger partial charge in [-0.2, -0.15) is 0 Å². The molecule has 3 unspecified atom stereocenters. The van der Waals surface area contributed by atoms with Gasteiger partial charge in [0.15, 0.2) is 0 Å². The van der Waals surface area contributed by atoms with E-state index in [4.69, 9.17) is 11.6 Å². The summed E-state index contributed by atoms with van der Waals surface area (Å²) in [5.41, 5.74) is 1.27. The van der Waals surface area contributed by atoms with Gasteiger partial charge in [0.25, 0.3) is 0 Å². The van der Waals surface area contributed by atoms with Crippen LogP contribution in [0.5, 0.6) is 0 Å². The fourth-order valence-corrected chi connectivity index (χ4v) is 3.39. The number of hydrogen-bond donors (Lipinski definition) is 1. The van der Waals surface area contributed by atoms with Crippen LogP contribution in [0.3, 0.4) is 0 Å². The quantitative estimate of drug-likeness (QED) is 0.801. The Morgan fingerprint density at radius 2 is 2.18 bits per heavy atom. The second-order valence-corrected chi connectivity index (χ2v) is 5.74. The molecule has 2 aliphatic rings. The summed E-state index contributed by atoms with van der Waals surface area (Å²) in [5, 5.41) is 4.39. The summed E-state index contributed by atoms with van der Waals surface area (Å²) >= 11 is 5.97. The van der Waals surface area contributed by atoms with Gasteiger partial charge in [-0.05, 0) is 54.8 Å². The average molecular weight is 248 g/mol. The molecule has 1 aromatic carbocycles. The van der Waals surface area contributed by atoms with Gasteiger partial charge < -0.3 is 5.32 Å². The molecule has 1 fully saturated rings. The van der Waals surface area contributed by atoms with Gasteiger partial charge in [-0.25, -0.2) is 0 Å². The molecule has 0 aliphatic heterocycles. The molecule has 17 heavy (non-hydrogen) atoms. The van der Waals surface area contributed by atoms with Crippen LogP contribution in [0.4, 0.5) is 0 Å². The van der Waals surface area contributed by atoms with Gasteiger partial charge in [-0.3, -0.25) is 0 Å². The van der Waals surface area contributed by atoms with Crippen molar-refractivity contribution >= 4 is 11.6 Å². The van der Waals surface area contributed by atoms with E-state index in [0.717, 1.165) is 35.9 Å². The number of rotatable bonds is 4. The third-order valence-corrected chi connectivity index (χ3v) is 4.28. The van der Waals surface area contributed by atoms with E-state index in [1.165, 1.54) is 18.4 Å². The topological polar surface area (TPSA) is 12.0 Å². The van der Waals surface area contributed by atoms with E-state index in [-0.39, 0.29) is 0 Å². The first-order valence-electron chi connectivity index (χ1n) is 6.45. The maximum Gasteiger partial charge on any atom is 0.0409 e.